The summed E-state index contributed by atoms with van der Waals surface area (Å²) in [5.41, 5.74) is 1.26. The van der Waals surface area contributed by atoms with Crippen LogP contribution >= 0.6 is 22.6 Å². The molecule has 2 atom stereocenters. The van der Waals surface area contributed by atoms with Crippen molar-refractivity contribution in [2.45, 2.75) is 10.8 Å². The molecule has 0 aromatic carbocycles. The first-order chi connectivity index (χ1) is 7.77. The minimum Gasteiger partial charge on any atom is -0.470 e. The van der Waals surface area contributed by atoms with E-state index in [2.05, 4.69) is 66.3 Å². The molecule has 2 rings (SSSR count). The maximum Gasteiger partial charge on any atom is 0.105 e. The van der Waals surface area contributed by atoms with Crippen LogP contribution in [0.4, 0.5) is 0 Å². The predicted molar refractivity (Wildman–Crippen MR) is 82.4 cm³/mol. The van der Waals surface area contributed by atoms with Crippen LogP contribution in [0.2, 0.25) is 0 Å². The average Bonchev–Trinajstić information content (AvgIpc) is 2.56. The van der Waals surface area contributed by atoms with Crippen molar-refractivity contribution in [3.05, 3.63) is 74.0 Å². The number of ether oxygens (including phenoxy) is 1. The first-order valence-electron chi connectivity index (χ1n) is 5.35. The number of rotatable bonds is 2. The monoisotopic (exact) mass is 602 g/mol. The van der Waals surface area contributed by atoms with Crippen LogP contribution in [-0.2, 0) is 4.74 Å². The van der Waals surface area contributed by atoms with Crippen LogP contribution in [-0.4, -0.2) is 3.92 Å². The van der Waals surface area contributed by atoms with Gasteiger partial charge in [0.25, 0.3) is 0 Å². The zero-order valence-corrected chi connectivity index (χ0v) is 14.7. The second kappa shape index (κ2) is 7.43. The second-order valence-corrected chi connectivity index (χ2v) is 5.09. The molecule has 107 valence electrons. The Balaban J connectivity index is 0.00000144. The van der Waals surface area contributed by atoms with E-state index in [1.54, 1.807) is 6.26 Å². The molecule has 0 bridgehead atoms. The Morgan fingerprint density at radius 1 is 1.39 bits per heavy atom. The van der Waals surface area contributed by atoms with Crippen LogP contribution in [0.25, 0.3) is 0 Å². The summed E-state index contributed by atoms with van der Waals surface area (Å²) in [5, 5.41) is 0. The van der Waals surface area contributed by atoms with Gasteiger partial charge in [-0.1, -0.05) is 29.5 Å². The summed E-state index contributed by atoms with van der Waals surface area (Å²) in [6.45, 7) is 2.16. The minimum absolute atomic E-state index is 0. The van der Waals surface area contributed by atoms with Crippen LogP contribution < -0.4 is 0 Å². The normalized spacial score (nSPS) is 22.2. The molecule has 18 heavy (non-hydrogen) atoms. The summed E-state index contributed by atoms with van der Waals surface area (Å²) in [5.74, 6) is 1.49. The van der Waals surface area contributed by atoms with Gasteiger partial charge in [0.05, 0.1) is 10.2 Å². The molecule has 2 unspecified atom stereocenters. The summed E-state index contributed by atoms with van der Waals surface area (Å²) in [6.07, 6.45) is 18.5. The molecule has 0 fully saturated rings. The largest absolute Gasteiger partial charge is 0.470 e. The number of halogens is 1. The maximum absolute atomic E-state index is 5.57. The van der Waals surface area contributed by atoms with Gasteiger partial charge in [0.1, 0.15) is 5.76 Å². The van der Waals surface area contributed by atoms with E-state index in [1.807, 2.05) is 12.2 Å². The van der Waals surface area contributed by atoms with Gasteiger partial charge < -0.3 is 12.2 Å². The fourth-order valence-electron chi connectivity index (χ4n) is 1.59. The molecule has 0 saturated heterocycles. The third kappa shape index (κ3) is 3.84. The fourth-order valence-corrected chi connectivity index (χ4v) is 2.36. The van der Waals surface area contributed by atoms with E-state index < -0.39 is 0 Å². The number of hydrogen-bond donors (Lipinski definition) is 0. The van der Waals surface area contributed by atoms with Gasteiger partial charge in [-0.25, -0.2) is 0 Å². The predicted octanol–water partition coefficient (Wildman–Crippen LogP) is 4.56. The van der Waals surface area contributed by atoms with Crippen molar-refractivity contribution in [3.63, 3.8) is 0 Å². The molecule has 2 aliphatic rings. The standard InChI is InChI=1S/C14H14IO.CH3.Lr/c1-11-8-9-16-13(10-11)14(15)12-6-4-2-3-5-7-12;;/h2-11,14H,1H3;1H3;/q2*-1;. The quantitative estimate of drug-likeness (QED) is 0.256. The van der Waals surface area contributed by atoms with Crippen LogP contribution in [0, 0.1) is 19.8 Å². The first-order valence-corrected chi connectivity index (χ1v) is 6.59. The maximum atomic E-state index is 5.57. The Morgan fingerprint density at radius 3 is 2.89 bits per heavy atom. The molecule has 1 radical (unpaired) electrons. The van der Waals surface area contributed by atoms with Gasteiger partial charge in [0, 0.05) is 0 Å². The average molecular weight is 602 g/mol. The Hall–Kier alpha value is -1.90. The van der Waals surface area contributed by atoms with Gasteiger partial charge >= 0.3 is 0 Å². The molecule has 0 N–H and O–H groups in total. The van der Waals surface area contributed by atoms with E-state index in [-0.39, 0.29) is 11.4 Å². The Morgan fingerprint density at radius 2 is 2.17 bits per heavy atom. The van der Waals surface area contributed by atoms with E-state index in [1.165, 1.54) is 5.57 Å². The SMILES string of the molecule is CC1C=COC(C(I)C2=C[CH-]C=CC=C2)=C1.[CH3-].[Lr]. The van der Waals surface area contributed by atoms with E-state index in [4.69, 9.17) is 4.74 Å². The molecule has 1 nitrogen and oxygen atoms in total. The Kier molecular flexibility index (Phi) is 6.65. The van der Waals surface area contributed by atoms with Gasteiger partial charge in [-0.05, 0) is 18.1 Å². The Labute approximate surface area is 118 Å². The summed E-state index contributed by atoms with van der Waals surface area (Å²) in [6, 6.07) is 0. The molecule has 1 aliphatic heterocycles. The molecule has 0 saturated carbocycles. The van der Waals surface area contributed by atoms with Gasteiger partial charge in [-0.15, -0.1) is 17.7 Å². The topological polar surface area (TPSA) is 9.23 Å². The van der Waals surface area contributed by atoms with Gasteiger partial charge in [0.2, 0.25) is 0 Å². The molecule has 1 aliphatic carbocycles. The summed E-state index contributed by atoms with van der Waals surface area (Å²) >= 11 is 2.41. The van der Waals surface area contributed by atoms with E-state index >= 15 is 0 Å². The van der Waals surface area contributed by atoms with Crippen LogP contribution in [0.5, 0.6) is 0 Å². The van der Waals surface area contributed by atoms with E-state index in [0.717, 1.165) is 5.76 Å². The molecular formula is C15H17ILrO-2. The number of hydrogen-bond acceptors (Lipinski definition) is 1. The summed E-state index contributed by atoms with van der Waals surface area (Å²) in [4.78, 5) is 0. The van der Waals surface area contributed by atoms with Crippen molar-refractivity contribution in [1.82, 2.24) is 0 Å². The fraction of sp³-hybridized carbons (Fsp3) is 0.200. The van der Waals surface area contributed by atoms with Crippen molar-refractivity contribution >= 4 is 22.6 Å². The molecule has 0 spiro atoms. The first kappa shape index (κ1) is 16.1. The van der Waals surface area contributed by atoms with Crippen molar-refractivity contribution in [2.24, 2.45) is 5.92 Å². The minimum atomic E-state index is 0. The zero-order chi connectivity index (χ0) is 11.4. The van der Waals surface area contributed by atoms with Gasteiger partial charge in [-0.2, -0.15) is 24.6 Å². The van der Waals surface area contributed by atoms with Crippen molar-refractivity contribution < 1.29 is 4.74 Å². The van der Waals surface area contributed by atoms with Crippen molar-refractivity contribution in [3.8, 4) is 0 Å². The molecule has 3 heteroatoms. The van der Waals surface area contributed by atoms with E-state index in [0.29, 0.717) is 5.92 Å². The summed E-state index contributed by atoms with van der Waals surface area (Å²) in [7, 11) is 0. The molecule has 0 aromatic rings. The third-order valence-electron chi connectivity index (χ3n) is 2.47. The van der Waals surface area contributed by atoms with E-state index in [9.17, 15) is 0 Å². The van der Waals surface area contributed by atoms with Crippen LogP contribution in [0.3, 0.4) is 0 Å². The zero-order valence-electron chi connectivity index (χ0n) is 10.4. The molecule has 1 heterocycles. The van der Waals surface area contributed by atoms with Gasteiger partial charge in [-0.3, -0.25) is 0 Å². The molecular weight excluding hydrogens is 585 g/mol. The second-order valence-electron chi connectivity index (χ2n) is 3.84. The van der Waals surface area contributed by atoms with Crippen LogP contribution in [0.1, 0.15) is 6.92 Å². The number of alkyl halides is 1. The smallest absolute Gasteiger partial charge is 0.105 e. The van der Waals surface area contributed by atoms with Gasteiger partial charge in [0.15, 0.2) is 0 Å². The number of allylic oxidation sites excluding steroid dienone is 8. The molecule has 0 aromatic heterocycles. The summed E-state index contributed by atoms with van der Waals surface area (Å²) < 4.78 is 5.84. The third-order valence-corrected chi connectivity index (χ3v) is 3.80. The van der Waals surface area contributed by atoms with Crippen LogP contribution in [0.15, 0.2) is 60.1 Å². The van der Waals surface area contributed by atoms with Crippen molar-refractivity contribution in [2.75, 3.05) is 0 Å². The van der Waals surface area contributed by atoms with Crippen molar-refractivity contribution in [1.29, 1.82) is 0 Å². The molecule has 0 amide bonds. The Bertz CT molecular complexity index is 405.